The second kappa shape index (κ2) is 20.1. The summed E-state index contributed by atoms with van der Waals surface area (Å²) in [5.74, 6) is 0.805. The Balaban J connectivity index is 3.01. The van der Waals surface area contributed by atoms with Gasteiger partial charge in [0.25, 0.3) is 0 Å². The van der Waals surface area contributed by atoms with Crippen LogP contribution < -0.4 is 0 Å². The number of hydrogen-bond acceptors (Lipinski definition) is 1. The third kappa shape index (κ3) is 20.0. The Morgan fingerprint density at radius 2 is 0.957 bits per heavy atom. The molecule has 0 aliphatic rings. The Hall–Kier alpha value is 0.0900. The maximum Gasteiger partial charge on any atom is -0.0208 e. The average Bonchev–Trinajstić information content (AvgIpc) is 2.54. The molecule has 0 saturated carbocycles. The molecule has 138 valence electrons. The third-order valence-electron chi connectivity index (χ3n) is 5.05. The molecule has 0 radical (unpaired) electrons. The van der Waals surface area contributed by atoms with Gasteiger partial charge >= 0.3 is 0 Å². The van der Waals surface area contributed by atoms with Crippen LogP contribution in [-0.2, 0) is 0 Å². The van der Waals surface area contributed by atoms with Gasteiger partial charge in [0, 0.05) is 0 Å². The molecule has 0 heterocycles. The minimum Gasteiger partial charge on any atom is -0.0935 e. The smallest absolute Gasteiger partial charge is 0.0208 e. The van der Waals surface area contributed by atoms with Crippen molar-refractivity contribution >= 4 is 17.6 Å². The molecule has 0 bridgehead atoms. The summed E-state index contributed by atoms with van der Waals surface area (Å²) in [5.41, 5.74) is 0. The topological polar surface area (TPSA) is 0 Å². The number of hydrogen-bond donors (Lipinski definition) is 0. The largest absolute Gasteiger partial charge is 0.0935 e. The van der Waals surface area contributed by atoms with Crippen LogP contribution in [0.5, 0.6) is 0 Å². The molecule has 1 atom stereocenters. The van der Waals surface area contributed by atoms with Gasteiger partial charge in [-0.05, 0) is 17.7 Å². The predicted molar refractivity (Wildman–Crippen MR) is 112 cm³/mol. The summed E-state index contributed by atoms with van der Waals surface area (Å²) in [5, 5.41) is 1.90. The fourth-order valence-corrected chi connectivity index (χ4v) is 3.65. The molecular formula is C22H44S. The molecule has 0 N–H and O–H groups in total. The molecule has 0 aliphatic heterocycles. The van der Waals surface area contributed by atoms with Crippen molar-refractivity contribution in [3.05, 3.63) is 0 Å². The fraction of sp³-hybridized carbons (Fsp3) is 0.955. The quantitative estimate of drug-likeness (QED) is 0.167. The van der Waals surface area contributed by atoms with Gasteiger partial charge in [-0.1, -0.05) is 135 Å². The minimum atomic E-state index is 0.805. The highest BCUT2D eigenvalue weighted by atomic mass is 32.1. The van der Waals surface area contributed by atoms with Crippen LogP contribution in [0, 0.1) is 5.92 Å². The van der Waals surface area contributed by atoms with Crippen molar-refractivity contribution in [1.29, 1.82) is 0 Å². The van der Waals surface area contributed by atoms with E-state index in [4.69, 9.17) is 12.2 Å². The molecule has 0 fully saturated rings. The molecule has 23 heavy (non-hydrogen) atoms. The van der Waals surface area contributed by atoms with E-state index in [1.807, 2.05) is 5.37 Å². The summed E-state index contributed by atoms with van der Waals surface area (Å²) in [6.45, 7) is 4.62. The van der Waals surface area contributed by atoms with Crippen molar-refractivity contribution in [3.8, 4) is 0 Å². The lowest BCUT2D eigenvalue weighted by atomic mass is 9.99. The van der Waals surface area contributed by atoms with Crippen LogP contribution in [0.25, 0.3) is 0 Å². The van der Waals surface area contributed by atoms with Crippen molar-refractivity contribution in [2.75, 3.05) is 0 Å². The van der Waals surface area contributed by atoms with Crippen LogP contribution in [0.1, 0.15) is 129 Å². The van der Waals surface area contributed by atoms with Gasteiger partial charge < -0.3 is 0 Å². The van der Waals surface area contributed by atoms with Crippen LogP contribution >= 0.6 is 12.2 Å². The first kappa shape index (κ1) is 23.1. The normalized spacial score (nSPS) is 12.4. The first-order valence-electron chi connectivity index (χ1n) is 10.7. The van der Waals surface area contributed by atoms with Crippen molar-refractivity contribution in [1.82, 2.24) is 0 Å². The van der Waals surface area contributed by atoms with E-state index >= 15 is 0 Å². The van der Waals surface area contributed by atoms with Gasteiger partial charge in [-0.2, -0.15) is 0 Å². The monoisotopic (exact) mass is 340 g/mol. The van der Waals surface area contributed by atoms with Gasteiger partial charge in [0.05, 0.1) is 0 Å². The Bertz CT molecular complexity index is 224. The molecule has 0 aromatic carbocycles. The van der Waals surface area contributed by atoms with Gasteiger partial charge in [0.2, 0.25) is 0 Å². The van der Waals surface area contributed by atoms with Crippen molar-refractivity contribution in [2.45, 2.75) is 129 Å². The van der Waals surface area contributed by atoms with Gasteiger partial charge in [-0.15, -0.1) is 0 Å². The van der Waals surface area contributed by atoms with Crippen molar-refractivity contribution in [3.63, 3.8) is 0 Å². The highest BCUT2D eigenvalue weighted by Gasteiger charge is 1.99. The van der Waals surface area contributed by atoms with Gasteiger partial charge in [0.1, 0.15) is 0 Å². The predicted octanol–water partition coefficient (Wildman–Crippen LogP) is 8.66. The van der Waals surface area contributed by atoms with E-state index < -0.39 is 0 Å². The van der Waals surface area contributed by atoms with Crippen molar-refractivity contribution in [2.24, 2.45) is 5.92 Å². The van der Waals surface area contributed by atoms with Crippen molar-refractivity contribution < 1.29 is 0 Å². The highest BCUT2D eigenvalue weighted by molar-refractivity contribution is 7.78. The SMILES string of the molecule is CCCCCCCCCCCCCCCCCCC(C)CC=S. The van der Waals surface area contributed by atoms with E-state index in [1.165, 1.54) is 109 Å². The first-order valence-corrected chi connectivity index (χ1v) is 11.2. The molecule has 1 unspecified atom stereocenters. The average molecular weight is 341 g/mol. The summed E-state index contributed by atoms with van der Waals surface area (Å²) in [6.07, 6.45) is 25.8. The second-order valence-corrected chi connectivity index (χ2v) is 7.93. The van der Waals surface area contributed by atoms with Crippen LogP contribution in [0.15, 0.2) is 0 Å². The van der Waals surface area contributed by atoms with Gasteiger partial charge in [0.15, 0.2) is 0 Å². The van der Waals surface area contributed by atoms with Crippen LogP contribution in [-0.4, -0.2) is 5.37 Å². The maximum absolute atomic E-state index is 4.92. The van der Waals surface area contributed by atoms with E-state index in [-0.39, 0.29) is 0 Å². The van der Waals surface area contributed by atoms with E-state index in [2.05, 4.69) is 13.8 Å². The molecule has 0 aromatic rings. The standard InChI is InChI=1S/C22H44S/c1-3-4-5-6-7-8-9-10-11-12-13-14-15-16-17-18-19-22(2)20-21-23/h21-22H,3-20H2,1-2H3. The Morgan fingerprint density at radius 3 is 1.30 bits per heavy atom. The molecular weight excluding hydrogens is 296 g/mol. The number of thiocarbonyl (C=S) groups is 1. The molecule has 0 amide bonds. The zero-order valence-electron chi connectivity index (χ0n) is 16.3. The molecule has 0 rings (SSSR count). The first-order chi connectivity index (χ1) is 11.3. The maximum atomic E-state index is 4.92. The van der Waals surface area contributed by atoms with E-state index in [0.29, 0.717) is 0 Å². The Labute approximate surface area is 153 Å². The molecule has 0 nitrogen and oxygen atoms in total. The summed E-state index contributed by atoms with van der Waals surface area (Å²) in [6, 6.07) is 0. The lowest BCUT2D eigenvalue weighted by Gasteiger charge is -2.07. The van der Waals surface area contributed by atoms with E-state index in [9.17, 15) is 0 Å². The molecule has 1 heteroatoms. The van der Waals surface area contributed by atoms with E-state index in [1.54, 1.807) is 0 Å². The minimum absolute atomic E-state index is 0.805. The molecule has 0 aromatic heterocycles. The zero-order valence-corrected chi connectivity index (χ0v) is 17.1. The number of unbranched alkanes of at least 4 members (excludes halogenated alkanes) is 15. The van der Waals surface area contributed by atoms with Gasteiger partial charge in [-0.25, -0.2) is 0 Å². The molecule has 0 saturated heterocycles. The second-order valence-electron chi connectivity index (χ2n) is 7.60. The summed E-state index contributed by atoms with van der Waals surface area (Å²) in [7, 11) is 0. The summed E-state index contributed by atoms with van der Waals surface area (Å²) < 4.78 is 0. The Kier molecular flexibility index (Phi) is 20.2. The third-order valence-corrected chi connectivity index (χ3v) is 5.24. The lowest BCUT2D eigenvalue weighted by Crippen LogP contribution is -1.94. The summed E-state index contributed by atoms with van der Waals surface area (Å²) >= 11 is 4.92. The molecule has 0 aliphatic carbocycles. The van der Waals surface area contributed by atoms with E-state index in [0.717, 1.165) is 12.3 Å². The lowest BCUT2D eigenvalue weighted by molar-refractivity contribution is 0.491. The highest BCUT2D eigenvalue weighted by Crippen LogP contribution is 2.16. The van der Waals surface area contributed by atoms with Crippen LogP contribution in [0.3, 0.4) is 0 Å². The summed E-state index contributed by atoms with van der Waals surface area (Å²) in [4.78, 5) is 0. The molecule has 0 spiro atoms. The zero-order chi connectivity index (χ0) is 17.0. The fourth-order valence-electron chi connectivity index (χ4n) is 3.32. The Morgan fingerprint density at radius 1 is 0.609 bits per heavy atom. The van der Waals surface area contributed by atoms with Gasteiger partial charge in [-0.3, -0.25) is 0 Å². The van der Waals surface area contributed by atoms with Crippen LogP contribution in [0.4, 0.5) is 0 Å². The van der Waals surface area contributed by atoms with Crippen LogP contribution in [0.2, 0.25) is 0 Å². The number of rotatable bonds is 19.